The van der Waals surface area contributed by atoms with Gasteiger partial charge in [0.1, 0.15) is 0 Å². The third kappa shape index (κ3) is 9.19. The Bertz CT molecular complexity index is 797. The number of halogens is 1. The fourth-order valence-corrected chi connectivity index (χ4v) is 3.18. The number of aromatic nitrogens is 4. The topological polar surface area (TPSA) is 103 Å². The van der Waals surface area contributed by atoms with Gasteiger partial charge in [-0.2, -0.15) is 0 Å². The Hall–Kier alpha value is -2.04. The molecule has 2 aromatic rings. The van der Waals surface area contributed by atoms with Gasteiger partial charge in [-0.25, -0.2) is 4.68 Å². The molecule has 0 unspecified atom stereocenters. The average molecular weight is 458 g/mol. The van der Waals surface area contributed by atoms with Crippen molar-refractivity contribution in [1.82, 2.24) is 30.8 Å². The molecule has 11 heteroatoms. The van der Waals surface area contributed by atoms with Crippen LogP contribution in [0, 0.1) is 0 Å². The van der Waals surface area contributed by atoms with E-state index < -0.39 is 0 Å². The van der Waals surface area contributed by atoms with Gasteiger partial charge in [0.2, 0.25) is 5.16 Å². The van der Waals surface area contributed by atoms with E-state index in [0.717, 1.165) is 23.0 Å². The predicted molar refractivity (Wildman–Crippen MR) is 112 cm³/mol. The number of thioether (sulfide) groups is 1. The largest absolute Gasteiger partial charge is 1.00 e. The number of nitrogens with one attached hydrogen (secondary N) is 2. The molecule has 0 spiro atoms. The van der Waals surface area contributed by atoms with Crippen LogP contribution in [0.2, 0.25) is 0 Å². The summed E-state index contributed by atoms with van der Waals surface area (Å²) in [5, 5.41) is 18.4. The highest BCUT2D eigenvalue weighted by atomic mass is 35.5. The van der Waals surface area contributed by atoms with Gasteiger partial charge in [-0.15, -0.1) is 5.10 Å². The lowest BCUT2D eigenvalue weighted by Crippen LogP contribution is -3.00. The van der Waals surface area contributed by atoms with Crippen LogP contribution in [0.25, 0.3) is 0 Å². The molecule has 1 amide bonds. The van der Waals surface area contributed by atoms with Crippen LogP contribution < -0.4 is 32.5 Å². The zero-order valence-electron chi connectivity index (χ0n) is 18.1. The molecular formula is C19H30ClN6O3S-. The monoisotopic (exact) mass is 457 g/mol. The minimum absolute atomic E-state index is 0. The van der Waals surface area contributed by atoms with Gasteiger partial charge in [0.05, 0.1) is 6.61 Å². The molecule has 0 fully saturated rings. The van der Waals surface area contributed by atoms with E-state index in [4.69, 9.17) is 9.47 Å². The third-order valence-corrected chi connectivity index (χ3v) is 4.61. The lowest BCUT2D eigenvalue weighted by molar-refractivity contribution is -0.124. The van der Waals surface area contributed by atoms with Crippen molar-refractivity contribution in [3.05, 3.63) is 23.8 Å². The van der Waals surface area contributed by atoms with Crippen molar-refractivity contribution in [3.63, 3.8) is 0 Å². The van der Waals surface area contributed by atoms with E-state index in [2.05, 4.69) is 26.2 Å². The van der Waals surface area contributed by atoms with Gasteiger partial charge >= 0.3 is 0 Å². The molecular weight excluding hydrogens is 428 g/mol. The van der Waals surface area contributed by atoms with Crippen molar-refractivity contribution in [1.29, 1.82) is 0 Å². The average Bonchev–Trinajstić information content (AvgIpc) is 3.04. The number of benzene rings is 1. The van der Waals surface area contributed by atoms with Crippen molar-refractivity contribution in [2.24, 2.45) is 7.05 Å². The minimum atomic E-state index is -0.291. The van der Waals surface area contributed by atoms with E-state index in [-0.39, 0.29) is 30.5 Å². The number of carbonyl (C=O) groups is 1. The Morgan fingerprint density at radius 1 is 1.23 bits per heavy atom. The van der Waals surface area contributed by atoms with Gasteiger partial charge in [0.15, 0.2) is 18.1 Å². The van der Waals surface area contributed by atoms with Crippen molar-refractivity contribution >= 4 is 17.7 Å². The molecule has 0 atom stereocenters. The first-order valence-electron chi connectivity index (χ1n) is 9.54. The molecule has 1 aromatic heterocycles. The number of hydrogen-bond acceptors (Lipinski definition) is 8. The maximum Gasteiger partial charge on any atom is 0.258 e. The van der Waals surface area contributed by atoms with E-state index >= 15 is 0 Å². The number of amides is 1. The second kappa shape index (κ2) is 12.6. The number of aryl methyl sites for hydroxylation is 1. The molecule has 2 N–H and O–H groups in total. The Morgan fingerprint density at radius 3 is 2.63 bits per heavy atom. The highest BCUT2D eigenvalue weighted by Crippen LogP contribution is 2.28. The van der Waals surface area contributed by atoms with Crippen LogP contribution in [-0.2, 0) is 18.4 Å². The molecule has 0 aliphatic rings. The molecule has 0 aliphatic heterocycles. The van der Waals surface area contributed by atoms with Gasteiger partial charge in [-0.3, -0.25) is 4.79 Å². The zero-order chi connectivity index (χ0) is 21.3. The van der Waals surface area contributed by atoms with Crippen LogP contribution >= 0.6 is 11.8 Å². The number of tetrazole rings is 1. The SMILES string of the molecule is CCOc1cc(CNCCSc2nnnn2C)ccc1OCC(=O)NC(C)(C)C.[Cl-]. The summed E-state index contributed by atoms with van der Waals surface area (Å²) in [6.07, 6.45) is 0. The molecule has 0 bridgehead atoms. The van der Waals surface area contributed by atoms with Crippen molar-refractivity contribution in [3.8, 4) is 11.5 Å². The summed E-state index contributed by atoms with van der Waals surface area (Å²) in [6, 6.07) is 5.74. The first-order valence-corrected chi connectivity index (χ1v) is 10.5. The summed E-state index contributed by atoms with van der Waals surface area (Å²) in [5.74, 6) is 1.89. The number of rotatable bonds is 11. The van der Waals surface area contributed by atoms with E-state index in [1.165, 1.54) is 0 Å². The predicted octanol–water partition coefficient (Wildman–Crippen LogP) is -1.21. The second-order valence-corrected chi connectivity index (χ2v) is 8.47. The van der Waals surface area contributed by atoms with E-state index in [0.29, 0.717) is 24.7 Å². The molecule has 168 valence electrons. The van der Waals surface area contributed by atoms with Crippen LogP contribution in [0.1, 0.15) is 33.3 Å². The zero-order valence-corrected chi connectivity index (χ0v) is 19.6. The van der Waals surface area contributed by atoms with Crippen LogP contribution in [0.4, 0.5) is 0 Å². The first-order chi connectivity index (χ1) is 13.8. The summed E-state index contributed by atoms with van der Waals surface area (Å²) in [4.78, 5) is 12.0. The molecule has 0 aliphatic carbocycles. The maximum atomic E-state index is 12.0. The van der Waals surface area contributed by atoms with Crippen LogP contribution in [-0.4, -0.2) is 57.2 Å². The highest BCUT2D eigenvalue weighted by molar-refractivity contribution is 7.99. The standard InChI is InChI=1S/C19H30N6O3S.ClH/c1-6-27-16-11-14(12-20-9-10-29-18-22-23-24-25(18)5)7-8-15(16)28-13-17(26)21-19(2,3)4;/h7-8,11,20H,6,9-10,12-13H2,1-5H3,(H,21,26);1H/p-1. The summed E-state index contributed by atoms with van der Waals surface area (Å²) < 4.78 is 13.0. The molecule has 2 rings (SSSR count). The summed E-state index contributed by atoms with van der Waals surface area (Å²) in [7, 11) is 1.82. The number of hydrogen-bond donors (Lipinski definition) is 2. The van der Waals surface area contributed by atoms with Gasteiger partial charge in [0, 0.05) is 31.4 Å². The Kier molecular flexibility index (Phi) is 10.9. The van der Waals surface area contributed by atoms with Crippen LogP contribution in [0.3, 0.4) is 0 Å². The summed E-state index contributed by atoms with van der Waals surface area (Å²) >= 11 is 1.60. The fourth-order valence-electron chi connectivity index (χ4n) is 2.44. The van der Waals surface area contributed by atoms with E-state index in [1.54, 1.807) is 16.4 Å². The van der Waals surface area contributed by atoms with Gasteiger partial charge < -0.3 is 32.5 Å². The fraction of sp³-hybridized carbons (Fsp3) is 0.579. The number of carbonyl (C=O) groups excluding carboxylic acids is 1. The Morgan fingerprint density at radius 2 is 2.00 bits per heavy atom. The summed E-state index contributed by atoms with van der Waals surface area (Å²) in [5.41, 5.74) is 0.783. The lowest BCUT2D eigenvalue weighted by Gasteiger charge is -2.21. The van der Waals surface area contributed by atoms with Crippen LogP contribution in [0.15, 0.2) is 23.4 Å². The quantitative estimate of drug-likeness (QED) is 0.320. The van der Waals surface area contributed by atoms with Crippen LogP contribution in [0.5, 0.6) is 11.5 Å². The van der Waals surface area contributed by atoms with Gasteiger partial charge in [-0.05, 0) is 55.8 Å². The Balaban J connectivity index is 0.00000450. The number of ether oxygens (including phenoxy) is 2. The Labute approximate surface area is 188 Å². The molecule has 0 radical (unpaired) electrons. The van der Waals surface area contributed by atoms with Gasteiger partial charge in [0.25, 0.3) is 5.91 Å². The number of nitrogens with zero attached hydrogens (tertiary/aromatic N) is 4. The summed E-state index contributed by atoms with van der Waals surface area (Å²) in [6.45, 7) is 9.69. The molecule has 0 saturated heterocycles. The molecule has 1 heterocycles. The molecule has 30 heavy (non-hydrogen) atoms. The highest BCUT2D eigenvalue weighted by Gasteiger charge is 2.15. The van der Waals surface area contributed by atoms with Crippen molar-refractivity contribution < 1.29 is 26.7 Å². The smallest absolute Gasteiger partial charge is 0.258 e. The second-order valence-electron chi connectivity index (χ2n) is 7.41. The first kappa shape index (κ1) is 26.0. The molecule has 9 nitrogen and oxygen atoms in total. The molecule has 1 aromatic carbocycles. The minimum Gasteiger partial charge on any atom is -1.00 e. The lowest BCUT2D eigenvalue weighted by atomic mass is 10.1. The van der Waals surface area contributed by atoms with E-state index in [1.807, 2.05) is 52.9 Å². The third-order valence-electron chi connectivity index (χ3n) is 3.60. The van der Waals surface area contributed by atoms with E-state index in [9.17, 15) is 4.79 Å². The van der Waals surface area contributed by atoms with Gasteiger partial charge in [-0.1, -0.05) is 17.8 Å². The van der Waals surface area contributed by atoms with Crippen molar-refractivity contribution in [2.45, 2.75) is 44.9 Å². The van der Waals surface area contributed by atoms with Crippen molar-refractivity contribution in [2.75, 3.05) is 25.5 Å². The molecule has 0 saturated carbocycles. The normalized spacial score (nSPS) is 11.0. The maximum absolute atomic E-state index is 12.0.